The van der Waals surface area contributed by atoms with Gasteiger partial charge in [0.15, 0.2) is 0 Å². The second kappa shape index (κ2) is 4.62. The maximum absolute atomic E-state index is 6.18. The first-order chi connectivity index (χ1) is 7.90. The van der Waals surface area contributed by atoms with E-state index in [1.54, 1.807) is 0 Å². The first-order valence-corrected chi connectivity index (χ1v) is 6.96. The van der Waals surface area contributed by atoms with E-state index in [2.05, 4.69) is 59.8 Å². The molecule has 1 heterocycles. The predicted molar refractivity (Wildman–Crippen MR) is 77.5 cm³/mol. The van der Waals surface area contributed by atoms with Gasteiger partial charge in [-0.15, -0.1) is 0 Å². The molecule has 0 spiro atoms. The van der Waals surface area contributed by atoms with Crippen LogP contribution in [0, 0.1) is 12.3 Å². The van der Waals surface area contributed by atoms with E-state index in [9.17, 15) is 0 Å². The fourth-order valence-electron chi connectivity index (χ4n) is 2.55. The molecule has 1 aliphatic heterocycles. The van der Waals surface area contributed by atoms with Crippen molar-refractivity contribution in [3.05, 3.63) is 28.2 Å². The Balaban J connectivity index is 2.24. The van der Waals surface area contributed by atoms with E-state index < -0.39 is 0 Å². The quantitative estimate of drug-likeness (QED) is 0.861. The summed E-state index contributed by atoms with van der Waals surface area (Å²) < 4.78 is 1.15. The summed E-state index contributed by atoms with van der Waals surface area (Å²) in [6.07, 6.45) is 1.07. The minimum absolute atomic E-state index is 0.192. The normalized spacial score (nSPS) is 23.8. The molecule has 0 bridgehead atoms. The maximum Gasteiger partial charge on any atom is 0.0396 e. The third kappa shape index (κ3) is 2.66. The average Bonchev–Trinajstić information content (AvgIpc) is 2.22. The lowest BCUT2D eigenvalue weighted by molar-refractivity contribution is 0.245. The van der Waals surface area contributed by atoms with Crippen molar-refractivity contribution in [3.8, 4) is 0 Å². The van der Waals surface area contributed by atoms with E-state index >= 15 is 0 Å². The van der Waals surface area contributed by atoms with E-state index in [1.807, 2.05) is 0 Å². The molecule has 17 heavy (non-hydrogen) atoms. The zero-order valence-electron chi connectivity index (χ0n) is 10.8. The van der Waals surface area contributed by atoms with Gasteiger partial charge < -0.3 is 10.6 Å². The Hall–Kier alpha value is -0.540. The van der Waals surface area contributed by atoms with Crippen LogP contribution in [0.1, 0.15) is 25.8 Å². The Labute approximate surface area is 112 Å². The van der Waals surface area contributed by atoms with Crippen LogP contribution in [0.3, 0.4) is 0 Å². The molecule has 0 radical (unpaired) electrons. The summed E-state index contributed by atoms with van der Waals surface area (Å²) in [5.74, 6) is 0. The van der Waals surface area contributed by atoms with Gasteiger partial charge in [0.05, 0.1) is 0 Å². The van der Waals surface area contributed by atoms with Gasteiger partial charge in [0.1, 0.15) is 0 Å². The molecule has 3 heteroatoms. The molecule has 1 aliphatic rings. The van der Waals surface area contributed by atoms with Crippen molar-refractivity contribution in [3.63, 3.8) is 0 Å². The van der Waals surface area contributed by atoms with Crippen LogP contribution in [0.2, 0.25) is 0 Å². The van der Waals surface area contributed by atoms with Gasteiger partial charge in [-0.05, 0) is 42.5 Å². The first-order valence-electron chi connectivity index (χ1n) is 6.17. The van der Waals surface area contributed by atoms with Gasteiger partial charge in [-0.1, -0.05) is 29.8 Å². The van der Waals surface area contributed by atoms with Gasteiger partial charge in [0, 0.05) is 29.3 Å². The lowest BCUT2D eigenvalue weighted by Crippen LogP contribution is -2.52. The molecule has 2 rings (SSSR count). The SMILES string of the molecule is Cc1cc(Br)ccc1N1CCC(N)C(C)(C)C1. The molecular weight excluding hydrogens is 276 g/mol. The molecule has 0 aliphatic carbocycles. The third-order valence-electron chi connectivity index (χ3n) is 3.81. The van der Waals surface area contributed by atoms with Crippen molar-refractivity contribution >= 4 is 21.6 Å². The summed E-state index contributed by atoms with van der Waals surface area (Å²) in [5, 5.41) is 0. The van der Waals surface area contributed by atoms with Crippen LogP contribution in [0.25, 0.3) is 0 Å². The number of benzene rings is 1. The van der Waals surface area contributed by atoms with E-state index in [0.29, 0.717) is 6.04 Å². The number of rotatable bonds is 1. The first kappa shape index (κ1) is 12.9. The topological polar surface area (TPSA) is 29.3 Å². The second-order valence-electron chi connectivity index (χ2n) is 5.74. The van der Waals surface area contributed by atoms with E-state index in [-0.39, 0.29) is 5.41 Å². The fraction of sp³-hybridized carbons (Fsp3) is 0.571. The molecule has 2 N–H and O–H groups in total. The minimum Gasteiger partial charge on any atom is -0.371 e. The van der Waals surface area contributed by atoms with E-state index in [4.69, 9.17) is 5.73 Å². The molecule has 1 aromatic rings. The Morgan fingerprint density at radius 1 is 1.41 bits per heavy atom. The number of nitrogens with two attached hydrogens (primary N) is 1. The van der Waals surface area contributed by atoms with Crippen molar-refractivity contribution in [1.29, 1.82) is 0 Å². The van der Waals surface area contributed by atoms with E-state index in [1.165, 1.54) is 11.3 Å². The predicted octanol–water partition coefficient (Wildman–Crippen LogP) is 3.32. The van der Waals surface area contributed by atoms with Crippen LogP contribution >= 0.6 is 15.9 Å². The summed E-state index contributed by atoms with van der Waals surface area (Å²) in [6, 6.07) is 6.81. The molecule has 1 fully saturated rings. The van der Waals surface area contributed by atoms with Gasteiger partial charge >= 0.3 is 0 Å². The van der Waals surface area contributed by atoms with Gasteiger partial charge in [-0.3, -0.25) is 0 Å². The highest BCUT2D eigenvalue weighted by Crippen LogP contribution is 2.33. The zero-order valence-corrected chi connectivity index (χ0v) is 12.4. The Kier molecular flexibility index (Phi) is 3.50. The molecule has 2 nitrogen and oxygen atoms in total. The van der Waals surface area contributed by atoms with Crippen molar-refractivity contribution in [1.82, 2.24) is 0 Å². The number of aryl methyl sites for hydroxylation is 1. The molecule has 0 saturated carbocycles. The molecule has 94 valence electrons. The molecule has 1 atom stereocenters. The van der Waals surface area contributed by atoms with Crippen LogP contribution in [0.5, 0.6) is 0 Å². The van der Waals surface area contributed by atoms with Gasteiger partial charge in [-0.25, -0.2) is 0 Å². The maximum atomic E-state index is 6.18. The van der Waals surface area contributed by atoms with Crippen LogP contribution in [0.4, 0.5) is 5.69 Å². The third-order valence-corrected chi connectivity index (χ3v) is 4.30. The lowest BCUT2D eigenvalue weighted by atomic mass is 9.79. The summed E-state index contributed by atoms with van der Waals surface area (Å²) in [6.45, 7) is 8.79. The molecule has 1 saturated heterocycles. The number of halogens is 1. The highest BCUT2D eigenvalue weighted by Gasteiger charge is 2.33. The number of hydrogen-bond donors (Lipinski definition) is 1. The number of piperidine rings is 1. The van der Waals surface area contributed by atoms with Gasteiger partial charge in [0.25, 0.3) is 0 Å². The zero-order chi connectivity index (χ0) is 12.6. The largest absolute Gasteiger partial charge is 0.371 e. The molecule has 1 aromatic carbocycles. The number of nitrogens with zero attached hydrogens (tertiary/aromatic N) is 1. The molecule has 1 unspecified atom stereocenters. The number of anilines is 1. The highest BCUT2D eigenvalue weighted by atomic mass is 79.9. The van der Waals surface area contributed by atoms with Crippen molar-refractivity contribution < 1.29 is 0 Å². The standard InChI is InChI=1S/C14H21BrN2/c1-10-8-11(15)4-5-12(10)17-7-6-13(16)14(2,3)9-17/h4-5,8,13H,6-7,9,16H2,1-3H3. The number of hydrogen-bond acceptors (Lipinski definition) is 2. The summed E-state index contributed by atoms with van der Waals surface area (Å²) >= 11 is 3.51. The minimum atomic E-state index is 0.192. The second-order valence-corrected chi connectivity index (χ2v) is 6.65. The Bertz CT molecular complexity index is 415. The van der Waals surface area contributed by atoms with Gasteiger partial charge in [-0.2, -0.15) is 0 Å². The molecule has 0 amide bonds. The summed E-state index contributed by atoms with van der Waals surface area (Å²) in [7, 11) is 0. The van der Waals surface area contributed by atoms with Crippen molar-refractivity contribution in [2.24, 2.45) is 11.1 Å². The fourth-order valence-corrected chi connectivity index (χ4v) is 3.03. The molecular formula is C14H21BrN2. The Morgan fingerprint density at radius 2 is 2.12 bits per heavy atom. The van der Waals surface area contributed by atoms with Crippen molar-refractivity contribution in [2.75, 3.05) is 18.0 Å². The van der Waals surface area contributed by atoms with Crippen molar-refractivity contribution in [2.45, 2.75) is 33.2 Å². The summed E-state index contributed by atoms with van der Waals surface area (Å²) in [5.41, 5.74) is 9.04. The van der Waals surface area contributed by atoms with Crippen LogP contribution in [0.15, 0.2) is 22.7 Å². The van der Waals surface area contributed by atoms with E-state index in [0.717, 1.165) is 24.0 Å². The average molecular weight is 297 g/mol. The summed E-state index contributed by atoms with van der Waals surface area (Å²) in [4.78, 5) is 2.46. The van der Waals surface area contributed by atoms with Crippen LogP contribution in [-0.4, -0.2) is 19.1 Å². The van der Waals surface area contributed by atoms with Crippen LogP contribution < -0.4 is 10.6 Å². The van der Waals surface area contributed by atoms with Crippen LogP contribution in [-0.2, 0) is 0 Å². The lowest BCUT2D eigenvalue weighted by Gasteiger charge is -2.44. The monoisotopic (exact) mass is 296 g/mol. The smallest absolute Gasteiger partial charge is 0.0396 e. The Morgan fingerprint density at radius 3 is 2.71 bits per heavy atom. The van der Waals surface area contributed by atoms with Gasteiger partial charge in [0.2, 0.25) is 0 Å². The highest BCUT2D eigenvalue weighted by molar-refractivity contribution is 9.10. The molecule has 0 aromatic heterocycles.